The normalized spacial score (nSPS) is 14.4. The van der Waals surface area contributed by atoms with Gasteiger partial charge in [-0.3, -0.25) is 9.48 Å². The van der Waals surface area contributed by atoms with Gasteiger partial charge in [0.15, 0.2) is 5.82 Å². The maximum absolute atomic E-state index is 11.3. The minimum Gasteiger partial charge on any atom is -0.469 e. The van der Waals surface area contributed by atoms with Gasteiger partial charge in [-0.1, -0.05) is 6.92 Å². The van der Waals surface area contributed by atoms with Crippen LogP contribution in [0.25, 0.3) is 0 Å². The second-order valence-corrected chi connectivity index (χ2v) is 4.14. The Hall–Kier alpha value is -1.43. The molecular formula is C11H20N4O2. The highest BCUT2D eigenvalue weighted by Gasteiger charge is 2.20. The van der Waals surface area contributed by atoms with Crippen LogP contribution in [-0.4, -0.2) is 40.4 Å². The molecule has 6 heteroatoms. The minimum atomic E-state index is -0.194. The smallest absolute Gasteiger partial charge is 0.309 e. The van der Waals surface area contributed by atoms with Crippen LogP contribution in [-0.2, 0) is 23.0 Å². The van der Waals surface area contributed by atoms with E-state index in [1.54, 1.807) is 11.0 Å². The van der Waals surface area contributed by atoms with E-state index < -0.39 is 0 Å². The molecule has 0 aromatic carbocycles. The molecule has 0 spiro atoms. The average Bonchev–Trinajstić information content (AvgIpc) is 2.72. The van der Waals surface area contributed by atoms with Gasteiger partial charge < -0.3 is 10.1 Å². The summed E-state index contributed by atoms with van der Waals surface area (Å²) in [6.07, 6.45) is 2.43. The molecule has 0 aliphatic carbocycles. The van der Waals surface area contributed by atoms with Crippen LogP contribution in [0.4, 0.5) is 0 Å². The summed E-state index contributed by atoms with van der Waals surface area (Å²) in [6.45, 7) is 4.56. The Labute approximate surface area is 101 Å². The predicted octanol–water partition coefficient (Wildman–Crippen LogP) is 0.145. The number of nitrogens with zero attached hydrogens (tertiary/aromatic N) is 3. The maximum atomic E-state index is 11.3. The number of carbonyl (C=O) groups excluding carboxylic acids is 1. The molecule has 6 nitrogen and oxygen atoms in total. The molecule has 0 saturated carbocycles. The molecule has 96 valence electrons. The fraction of sp³-hybridized carbons (Fsp3) is 0.727. The number of esters is 1. The molecule has 0 radical (unpaired) electrons. The summed E-state index contributed by atoms with van der Waals surface area (Å²) in [7, 11) is 3.25. The van der Waals surface area contributed by atoms with Crippen molar-refractivity contribution in [2.24, 2.45) is 13.0 Å². The molecule has 0 bridgehead atoms. The second kappa shape index (κ2) is 6.34. The van der Waals surface area contributed by atoms with Gasteiger partial charge in [-0.2, -0.15) is 5.10 Å². The molecule has 0 amide bonds. The van der Waals surface area contributed by atoms with Crippen molar-refractivity contribution in [1.29, 1.82) is 0 Å². The monoisotopic (exact) mass is 240 g/mol. The molecule has 0 saturated heterocycles. The number of hydrogen-bond donors (Lipinski definition) is 1. The molecule has 1 heterocycles. The van der Waals surface area contributed by atoms with Crippen LogP contribution >= 0.6 is 0 Å². The summed E-state index contributed by atoms with van der Waals surface area (Å²) in [4.78, 5) is 15.4. The van der Waals surface area contributed by atoms with Crippen molar-refractivity contribution in [3.8, 4) is 0 Å². The Morgan fingerprint density at radius 1 is 1.59 bits per heavy atom. The minimum absolute atomic E-state index is 0.0752. The van der Waals surface area contributed by atoms with Gasteiger partial charge >= 0.3 is 5.97 Å². The summed E-state index contributed by atoms with van der Waals surface area (Å²) >= 11 is 0. The number of hydrogen-bond acceptors (Lipinski definition) is 5. The SMILES string of the molecule is COC(=O)C(C)C(C)NCCc1ncn(C)n1. The van der Waals surface area contributed by atoms with Gasteiger partial charge in [-0.25, -0.2) is 4.98 Å². The van der Waals surface area contributed by atoms with Crippen LogP contribution in [0.15, 0.2) is 6.33 Å². The summed E-state index contributed by atoms with van der Waals surface area (Å²) < 4.78 is 6.37. The highest BCUT2D eigenvalue weighted by Crippen LogP contribution is 2.04. The number of methoxy groups -OCH3 is 1. The van der Waals surface area contributed by atoms with Crippen LogP contribution in [0, 0.1) is 5.92 Å². The number of nitrogens with one attached hydrogen (secondary N) is 1. The topological polar surface area (TPSA) is 69.0 Å². The van der Waals surface area contributed by atoms with Crippen molar-refractivity contribution in [2.45, 2.75) is 26.3 Å². The first-order valence-corrected chi connectivity index (χ1v) is 5.70. The quantitative estimate of drug-likeness (QED) is 0.717. The lowest BCUT2D eigenvalue weighted by Crippen LogP contribution is -2.37. The molecule has 17 heavy (non-hydrogen) atoms. The number of ether oxygens (including phenoxy) is 1. The molecule has 2 atom stereocenters. The number of carbonyl (C=O) groups is 1. The molecule has 0 aliphatic heterocycles. The largest absolute Gasteiger partial charge is 0.469 e. The molecule has 1 aromatic rings. The summed E-state index contributed by atoms with van der Waals surface area (Å²) in [5, 5.41) is 7.44. The first-order chi connectivity index (χ1) is 8.04. The van der Waals surface area contributed by atoms with Gasteiger partial charge in [0.05, 0.1) is 13.0 Å². The van der Waals surface area contributed by atoms with Crippen LogP contribution < -0.4 is 5.32 Å². The summed E-state index contributed by atoms with van der Waals surface area (Å²) in [5.41, 5.74) is 0. The summed E-state index contributed by atoms with van der Waals surface area (Å²) in [5.74, 6) is 0.454. The van der Waals surface area contributed by atoms with Crippen molar-refractivity contribution >= 4 is 5.97 Å². The lowest BCUT2D eigenvalue weighted by molar-refractivity contribution is -0.145. The van der Waals surface area contributed by atoms with Gasteiger partial charge in [-0.05, 0) is 6.92 Å². The van der Waals surface area contributed by atoms with E-state index in [9.17, 15) is 4.79 Å². The third kappa shape index (κ3) is 4.14. The number of aryl methyl sites for hydroxylation is 1. The van der Waals surface area contributed by atoms with Crippen molar-refractivity contribution in [2.75, 3.05) is 13.7 Å². The zero-order chi connectivity index (χ0) is 12.8. The zero-order valence-electron chi connectivity index (χ0n) is 10.8. The number of rotatable bonds is 6. The van der Waals surface area contributed by atoms with E-state index in [0.29, 0.717) is 0 Å². The van der Waals surface area contributed by atoms with Crippen LogP contribution in [0.3, 0.4) is 0 Å². The van der Waals surface area contributed by atoms with Crippen molar-refractivity contribution < 1.29 is 9.53 Å². The molecule has 2 unspecified atom stereocenters. The average molecular weight is 240 g/mol. The van der Waals surface area contributed by atoms with Crippen molar-refractivity contribution in [3.05, 3.63) is 12.2 Å². The predicted molar refractivity (Wildman–Crippen MR) is 63.4 cm³/mol. The fourth-order valence-corrected chi connectivity index (χ4v) is 1.48. The Balaban J connectivity index is 2.28. The standard InChI is InChI=1S/C11H20N4O2/c1-8(11(16)17-4)9(2)12-6-5-10-13-7-15(3)14-10/h7-9,12H,5-6H2,1-4H3. The first-order valence-electron chi connectivity index (χ1n) is 5.70. The van der Waals surface area contributed by atoms with E-state index in [1.165, 1.54) is 7.11 Å². The zero-order valence-corrected chi connectivity index (χ0v) is 10.8. The molecule has 0 aliphatic rings. The van der Waals surface area contributed by atoms with E-state index in [4.69, 9.17) is 4.74 Å². The van der Waals surface area contributed by atoms with Crippen LogP contribution in [0.1, 0.15) is 19.7 Å². The van der Waals surface area contributed by atoms with Gasteiger partial charge in [0.1, 0.15) is 6.33 Å². The Bertz CT molecular complexity index is 364. The third-order valence-corrected chi connectivity index (χ3v) is 2.78. The van der Waals surface area contributed by atoms with E-state index in [2.05, 4.69) is 15.4 Å². The van der Waals surface area contributed by atoms with E-state index in [0.717, 1.165) is 18.8 Å². The molecule has 1 N–H and O–H groups in total. The Kier molecular flexibility index (Phi) is 5.09. The van der Waals surface area contributed by atoms with Crippen LogP contribution in [0.5, 0.6) is 0 Å². The van der Waals surface area contributed by atoms with Gasteiger partial charge in [0.25, 0.3) is 0 Å². The van der Waals surface area contributed by atoms with Crippen LogP contribution in [0.2, 0.25) is 0 Å². The van der Waals surface area contributed by atoms with Gasteiger partial charge in [0, 0.05) is 26.1 Å². The van der Waals surface area contributed by atoms with Gasteiger partial charge in [-0.15, -0.1) is 0 Å². The Morgan fingerprint density at radius 2 is 2.29 bits per heavy atom. The molecule has 1 rings (SSSR count). The van der Waals surface area contributed by atoms with E-state index in [-0.39, 0.29) is 17.9 Å². The highest BCUT2D eigenvalue weighted by atomic mass is 16.5. The summed E-state index contributed by atoms with van der Waals surface area (Å²) in [6, 6.07) is 0.0752. The molecular weight excluding hydrogens is 220 g/mol. The first kappa shape index (κ1) is 13.6. The van der Waals surface area contributed by atoms with E-state index in [1.807, 2.05) is 20.9 Å². The van der Waals surface area contributed by atoms with Crippen molar-refractivity contribution in [1.82, 2.24) is 20.1 Å². The lowest BCUT2D eigenvalue weighted by Gasteiger charge is -2.18. The fourth-order valence-electron chi connectivity index (χ4n) is 1.48. The van der Waals surface area contributed by atoms with E-state index >= 15 is 0 Å². The molecule has 1 aromatic heterocycles. The number of aromatic nitrogens is 3. The Morgan fingerprint density at radius 3 is 2.82 bits per heavy atom. The van der Waals surface area contributed by atoms with Gasteiger partial charge in [0.2, 0.25) is 0 Å². The van der Waals surface area contributed by atoms with Crippen molar-refractivity contribution in [3.63, 3.8) is 0 Å². The highest BCUT2D eigenvalue weighted by molar-refractivity contribution is 5.72. The second-order valence-electron chi connectivity index (χ2n) is 4.14. The third-order valence-electron chi connectivity index (χ3n) is 2.78. The molecule has 0 fully saturated rings. The lowest BCUT2D eigenvalue weighted by atomic mass is 10.0. The maximum Gasteiger partial charge on any atom is 0.309 e.